The van der Waals surface area contributed by atoms with Crippen molar-refractivity contribution in [3.05, 3.63) is 18.2 Å². The van der Waals surface area contributed by atoms with Crippen molar-refractivity contribution in [2.45, 2.75) is 4.90 Å². The van der Waals surface area contributed by atoms with Crippen molar-refractivity contribution in [1.82, 2.24) is 0 Å². The summed E-state index contributed by atoms with van der Waals surface area (Å²) in [6.07, 6.45) is -1.92. The third-order valence-electron chi connectivity index (χ3n) is 1.82. The van der Waals surface area contributed by atoms with Crippen LogP contribution in [0.1, 0.15) is 0 Å². The van der Waals surface area contributed by atoms with E-state index in [1.54, 1.807) is 0 Å². The highest BCUT2D eigenvalue weighted by molar-refractivity contribution is 7.87. The molecule has 0 aliphatic carbocycles. The second-order valence-corrected chi connectivity index (χ2v) is 4.33. The van der Waals surface area contributed by atoms with Crippen molar-refractivity contribution in [2.24, 2.45) is 0 Å². The molecule has 1 aromatic carbocycles. The van der Waals surface area contributed by atoms with E-state index in [0.29, 0.717) is 0 Å². The Kier molecular flexibility index (Phi) is 3.79. The maximum Gasteiger partial charge on any atom is 0.522 e. The van der Waals surface area contributed by atoms with Gasteiger partial charge in [-0.3, -0.25) is 0 Å². The summed E-state index contributed by atoms with van der Waals surface area (Å²) >= 11 is 0. The van der Waals surface area contributed by atoms with Gasteiger partial charge in [-0.05, 0) is 12.1 Å². The lowest BCUT2D eigenvalue weighted by Crippen LogP contribution is -2.12. The Labute approximate surface area is 97.7 Å². The van der Waals surface area contributed by atoms with Gasteiger partial charge in [-0.25, -0.2) is 4.79 Å². The Morgan fingerprint density at radius 2 is 1.88 bits per heavy atom. The summed E-state index contributed by atoms with van der Waals surface area (Å²) in [4.78, 5) is 9.85. The summed E-state index contributed by atoms with van der Waals surface area (Å²) in [6, 6.07) is 3.91. The van der Waals surface area contributed by atoms with Crippen LogP contribution in [0.4, 0.5) is 4.79 Å². The van der Waals surface area contributed by atoms with Gasteiger partial charge in [-0.15, -0.1) is 0 Å². The van der Waals surface area contributed by atoms with E-state index in [0.717, 1.165) is 6.07 Å². The minimum Gasteiger partial charge on any atom is -0.497 e. The number of methoxy groups -OCH3 is 2. The summed E-state index contributed by atoms with van der Waals surface area (Å²) in [5, 5.41) is 8.33. The fourth-order valence-corrected chi connectivity index (χ4v) is 2.05. The monoisotopic (exact) mass is 262 g/mol. The van der Waals surface area contributed by atoms with Crippen LogP contribution in [0.25, 0.3) is 0 Å². The zero-order valence-corrected chi connectivity index (χ0v) is 9.85. The van der Waals surface area contributed by atoms with Gasteiger partial charge in [-0.2, -0.15) is 8.42 Å². The molecule has 0 unspecified atom stereocenters. The smallest absolute Gasteiger partial charge is 0.497 e. The Hall–Kier alpha value is -1.96. The molecule has 0 aliphatic rings. The fourth-order valence-electron chi connectivity index (χ4n) is 1.12. The number of carbonyl (C=O) groups is 1. The number of hydrogen-bond donors (Lipinski definition) is 1. The van der Waals surface area contributed by atoms with Crippen molar-refractivity contribution in [1.29, 1.82) is 0 Å². The second-order valence-electron chi connectivity index (χ2n) is 2.82. The number of benzene rings is 1. The number of ether oxygens (including phenoxy) is 2. The third kappa shape index (κ3) is 3.00. The van der Waals surface area contributed by atoms with E-state index in [1.165, 1.54) is 26.4 Å². The Bertz CT molecular complexity index is 520. The first kappa shape index (κ1) is 13.1. The SMILES string of the molecule is COc1ccc(OC)c(S(=O)(=O)OC(=O)O)c1. The highest BCUT2D eigenvalue weighted by Crippen LogP contribution is 2.29. The lowest BCUT2D eigenvalue weighted by atomic mass is 10.3. The van der Waals surface area contributed by atoms with Gasteiger partial charge in [-0.1, -0.05) is 0 Å². The maximum atomic E-state index is 11.6. The minimum absolute atomic E-state index is 0.0351. The van der Waals surface area contributed by atoms with Crippen LogP contribution in [0.15, 0.2) is 23.1 Å². The van der Waals surface area contributed by atoms with Gasteiger partial charge in [0.15, 0.2) is 4.90 Å². The molecule has 1 rings (SSSR count). The second kappa shape index (κ2) is 4.91. The van der Waals surface area contributed by atoms with Gasteiger partial charge in [0.05, 0.1) is 14.2 Å². The molecule has 0 heterocycles. The maximum absolute atomic E-state index is 11.6. The first-order valence-corrected chi connectivity index (χ1v) is 5.71. The van der Waals surface area contributed by atoms with Crippen LogP contribution in [0.5, 0.6) is 11.5 Å². The molecule has 0 amide bonds. The van der Waals surface area contributed by atoms with Crippen LogP contribution >= 0.6 is 0 Å². The van der Waals surface area contributed by atoms with Gasteiger partial charge in [0.2, 0.25) is 0 Å². The molecule has 7 nitrogen and oxygen atoms in total. The predicted molar refractivity (Wildman–Crippen MR) is 55.8 cm³/mol. The lowest BCUT2D eigenvalue weighted by Gasteiger charge is -2.09. The summed E-state index contributed by atoms with van der Waals surface area (Å²) in [5.41, 5.74) is 0. The van der Waals surface area contributed by atoms with Gasteiger partial charge in [0.25, 0.3) is 0 Å². The van der Waals surface area contributed by atoms with Crippen molar-refractivity contribution in [3.63, 3.8) is 0 Å². The number of rotatable bonds is 4. The molecule has 0 spiro atoms. The molecule has 0 bridgehead atoms. The van der Waals surface area contributed by atoms with Gasteiger partial charge in [0.1, 0.15) is 11.5 Å². The van der Waals surface area contributed by atoms with Crippen LogP contribution in [-0.4, -0.2) is 33.9 Å². The molecule has 94 valence electrons. The third-order valence-corrected chi connectivity index (χ3v) is 3.04. The normalized spacial score (nSPS) is 10.7. The molecule has 17 heavy (non-hydrogen) atoms. The molecule has 8 heteroatoms. The summed E-state index contributed by atoms with van der Waals surface area (Å²) < 4.78 is 36.6. The van der Waals surface area contributed by atoms with Crippen LogP contribution < -0.4 is 9.47 Å². The first-order valence-electron chi connectivity index (χ1n) is 4.30. The predicted octanol–water partition coefficient (Wildman–Crippen LogP) is 1.09. The zero-order chi connectivity index (χ0) is 13.1. The topological polar surface area (TPSA) is 99.1 Å². The van der Waals surface area contributed by atoms with E-state index in [1.807, 2.05) is 0 Å². The van der Waals surface area contributed by atoms with Crippen LogP contribution in [0.3, 0.4) is 0 Å². The van der Waals surface area contributed by atoms with Crippen molar-refractivity contribution in [2.75, 3.05) is 14.2 Å². The van der Waals surface area contributed by atoms with E-state index >= 15 is 0 Å². The van der Waals surface area contributed by atoms with Crippen LogP contribution in [0, 0.1) is 0 Å². The van der Waals surface area contributed by atoms with E-state index in [4.69, 9.17) is 14.6 Å². The molecule has 0 saturated heterocycles. The zero-order valence-electron chi connectivity index (χ0n) is 9.04. The molecule has 0 saturated carbocycles. The standard InChI is InChI=1S/C9H10O7S/c1-14-6-3-4-7(15-2)8(5-6)17(12,13)16-9(10)11/h3-5H,1-2H3,(H,10,11). The molecular formula is C9H10O7S. The molecular weight excluding hydrogens is 252 g/mol. The Morgan fingerprint density at radius 3 is 2.35 bits per heavy atom. The van der Waals surface area contributed by atoms with Gasteiger partial charge >= 0.3 is 16.3 Å². The van der Waals surface area contributed by atoms with Gasteiger partial charge in [0, 0.05) is 6.07 Å². The van der Waals surface area contributed by atoms with E-state index < -0.39 is 21.2 Å². The van der Waals surface area contributed by atoms with Crippen LogP contribution in [0.2, 0.25) is 0 Å². The highest BCUT2D eigenvalue weighted by Gasteiger charge is 2.25. The van der Waals surface area contributed by atoms with Crippen molar-refractivity contribution < 1.29 is 32.0 Å². The molecule has 0 fully saturated rings. The van der Waals surface area contributed by atoms with Crippen molar-refractivity contribution >= 4 is 16.3 Å². The average Bonchev–Trinajstić information content (AvgIpc) is 2.26. The summed E-state index contributed by atoms with van der Waals surface area (Å²) in [7, 11) is -1.84. The lowest BCUT2D eigenvalue weighted by molar-refractivity contribution is 0.147. The molecule has 1 aromatic rings. The first-order chi connectivity index (χ1) is 7.90. The average molecular weight is 262 g/mol. The molecule has 0 aromatic heterocycles. The quantitative estimate of drug-likeness (QED) is 0.810. The number of hydrogen-bond acceptors (Lipinski definition) is 6. The summed E-state index contributed by atoms with van der Waals surface area (Å²) in [6.45, 7) is 0. The molecule has 0 atom stereocenters. The number of carboxylic acid groups (broad SMARTS) is 1. The Morgan fingerprint density at radius 1 is 1.24 bits per heavy atom. The molecule has 1 N–H and O–H groups in total. The highest BCUT2D eigenvalue weighted by atomic mass is 32.2. The van der Waals surface area contributed by atoms with Gasteiger partial charge < -0.3 is 18.8 Å². The molecule has 0 aliphatic heterocycles. The minimum atomic E-state index is -4.44. The fraction of sp³-hybridized carbons (Fsp3) is 0.222. The van der Waals surface area contributed by atoms with E-state index in [9.17, 15) is 13.2 Å². The van der Waals surface area contributed by atoms with Crippen LogP contribution in [-0.2, 0) is 14.3 Å². The largest absolute Gasteiger partial charge is 0.522 e. The molecule has 0 radical (unpaired) electrons. The summed E-state index contributed by atoms with van der Waals surface area (Å²) in [5.74, 6) is 0.199. The Balaban J connectivity index is 3.32. The van der Waals surface area contributed by atoms with E-state index in [-0.39, 0.29) is 11.5 Å². The van der Waals surface area contributed by atoms with Crippen molar-refractivity contribution in [3.8, 4) is 11.5 Å². The van der Waals surface area contributed by atoms with E-state index in [2.05, 4.69) is 4.18 Å².